The average Bonchev–Trinajstić information content (AvgIpc) is 2.88. The lowest BCUT2D eigenvalue weighted by Crippen LogP contribution is -2.49. The van der Waals surface area contributed by atoms with Crippen LogP contribution in [-0.4, -0.2) is 54.5 Å². The molecule has 0 aliphatic carbocycles. The highest BCUT2D eigenvalue weighted by atomic mass is 19.1. The molecule has 1 unspecified atom stereocenters. The quantitative estimate of drug-likeness (QED) is 0.801. The van der Waals surface area contributed by atoms with Crippen LogP contribution in [0.15, 0.2) is 24.3 Å². The number of carbonyl (C=O) groups is 1. The number of hydrogen-bond acceptors (Lipinski definition) is 3. The Labute approximate surface area is 156 Å². The number of carbonyl (C=O) groups excluding carboxylic acids is 1. The molecule has 2 aliphatic rings. The smallest absolute Gasteiger partial charge is 0.260 e. The molecule has 0 aromatic heterocycles. The highest BCUT2D eigenvalue weighted by molar-refractivity contribution is 5.78. The molecule has 1 atom stereocenters. The van der Waals surface area contributed by atoms with Crippen LogP contribution in [0.5, 0.6) is 5.75 Å². The van der Waals surface area contributed by atoms with Crippen LogP contribution in [0.2, 0.25) is 0 Å². The van der Waals surface area contributed by atoms with E-state index in [0.717, 1.165) is 44.9 Å². The maximum absolute atomic E-state index is 13.0. The summed E-state index contributed by atoms with van der Waals surface area (Å²) in [6, 6.07) is 6.13. The van der Waals surface area contributed by atoms with Gasteiger partial charge in [-0.3, -0.25) is 4.79 Å². The van der Waals surface area contributed by atoms with Gasteiger partial charge in [0.05, 0.1) is 0 Å². The molecular formula is C21H31FN2O2. The van der Waals surface area contributed by atoms with Crippen LogP contribution in [0.3, 0.4) is 0 Å². The minimum atomic E-state index is -0.299. The molecule has 2 saturated heterocycles. The van der Waals surface area contributed by atoms with Crippen molar-refractivity contribution in [1.29, 1.82) is 0 Å². The van der Waals surface area contributed by atoms with E-state index in [9.17, 15) is 9.18 Å². The molecular weight excluding hydrogens is 331 g/mol. The lowest BCUT2D eigenvalue weighted by atomic mass is 9.98. The van der Waals surface area contributed by atoms with Gasteiger partial charge in [0, 0.05) is 19.1 Å². The first-order valence-corrected chi connectivity index (χ1v) is 10.0. The van der Waals surface area contributed by atoms with Gasteiger partial charge in [-0.2, -0.15) is 0 Å². The van der Waals surface area contributed by atoms with Crippen molar-refractivity contribution >= 4 is 5.91 Å². The summed E-state index contributed by atoms with van der Waals surface area (Å²) in [5, 5.41) is 0. The van der Waals surface area contributed by atoms with E-state index in [1.807, 2.05) is 4.90 Å². The molecule has 1 amide bonds. The molecule has 2 fully saturated rings. The van der Waals surface area contributed by atoms with Crippen molar-refractivity contribution in [2.24, 2.45) is 5.92 Å². The Morgan fingerprint density at radius 2 is 1.81 bits per heavy atom. The van der Waals surface area contributed by atoms with Crippen LogP contribution in [0.4, 0.5) is 4.39 Å². The first kappa shape index (κ1) is 19.2. The molecule has 0 saturated carbocycles. The van der Waals surface area contributed by atoms with E-state index in [2.05, 4.69) is 11.8 Å². The molecule has 3 rings (SSSR count). The second-order valence-electron chi connectivity index (χ2n) is 7.82. The molecule has 0 spiro atoms. The molecule has 144 valence electrons. The Morgan fingerprint density at radius 1 is 1.08 bits per heavy atom. The number of benzene rings is 1. The number of rotatable bonds is 5. The number of likely N-dealkylation sites (tertiary alicyclic amines) is 2. The minimum absolute atomic E-state index is 0.0270. The van der Waals surface area contributed by atoms with Gasteiger partial charge in [-0.1, -0.05) is 19.8 Å². The van der Waals surface area contributed by atoms with Gasteiger partial charge in [-0.15, -0.1) is 0 Å². The Kier molecular flexibility index (Phi) is 6.89. The summed E-state index contributed by atoms with van der Waals surface area (Å²) in [7, 11) is 0. The van der Waals surface area contributed by atoms with Gasteiger partial charge in [0.15, 0.2) is 6.61 Å². The van der Waals surface area contributed by atoms with Crippen LogP contribution >= 0.6 is 0 Å². The fourth-order valence-electron chi connectivity index (χ4n) is 4.00. The molecule has 0 N–H and O–H groups in total. The normalized spacial score (nSPS) is 22.8. The van der Waals surface area contributed by atoms with E-state index >= 15 is 0 Å². The van der Waals surface area contributed by atoms with Gasteiger partial charge < -0.3 is 14.5 Å². The number of hydrogen-bond donors (Lipinski definition) is 0. The van der Waals surface area contributed by atoms with Crippen molar-refractivity contribution < 1.29 is 13.9 Å². The lowest BCUT2D eigenvalue weighted by Gasteiger charge is -2.37. The van der Waals surface area contributed by atoms with Crippen LogP contribution in [0.25, 0.3) is 0 Å². The number of piperidine rings is 1. The summed E-state index contributed by atoms with van der Waals surface area (Å²) in [6.45, 7) is 6.44. The van der Waals surface area contributed by atoms with E-state index in [1.54, 1.807) is 12.1 Å². The van der Waals surface area contributed by atoms with E-state index in [0.29, 0.717) is 5.75 Å². The van der Waals surface area contributed by atoms with Gasteiger partial charge in [-0.05, 0) is 69.0 Å². The van der Waals surface area contributed by atoms with Crippen molar-refractivity contribution in [3.05, 3.63) is 30.1 Å². The Balaban J connectivity index is 1.56. The summed E-state index contributed by atoms with van der Waals surface area (Å²) in [6.07, 6.45) is 7.04. The molecule has 5 heteroatoms. The molecule has 26 heavy (non-hydrogen) atoms. The third-order valence-electron chi connectivity index (χ3n) is 5.72. The summed E-state index contributed by atoms with van der Waals surface area (Å²) >= 11 is 0. The largest absolute Gasteiger partial charge is 0.484 e. The first-order chi connectivity index (χ1) is 12.6. The topological polar surface area (TPSA) is 32.8 Å². The Morgan fingerprint density at radius 3 is 2.54 bits per heavy atom. The highest BCUT2D eigenvalue weighted by Gasteiger charge is 2.28. The minimum Gasteiger partial charge on any atom is -0.484 e. The molecule has 0 bridgehead atoms. The van der Waals surface area contributed by atoms with Crippen molar-refractivity contribution in [3.8, 4) is 5.75 Å². The number of amides is 1. The molecule has 4 nitrogen and oxygen atoms in total. The number of ether oxygens (including phenoxy) is 1. The van der Waals surface area contributed by atoms with Crippen LogP contribution < -0.4 is 4.74 Å². The third kappa shape index (κ3) is 5.44. The van der Waals surface area contributed by atoms with E-state index in [-0.39, 0.29) is 24.4 Å². The van der Waals surface area contributed by atoms with Crippen molar-refractivity contribution in [1.82, 2.24) is 9.80 Å². The molecule has 1 aromatic rings. The van der Waals surface area contributed by atoms with Crippen LogP contribution in [-0.2, 0) is 4.79 Å². The molecule has 1 aromatic carbocycles. The Bertz CT molecular complexity index is 570. The van der Waals surface area contributed by atoms with Crippen molar-refractivity contribution in [3.63, 3.8) is 0 Å². The first-order valence-electron chi connectivity index (χ1n) is 10.0. The van der Waals surface area contributed by atoms with E-state index < -0.39 is 0 Å². The van der Waals surface area contributed by atoms with Crippen LogP contribution in [0, 0.1) is 11.7 Å². The summed E-state index contributed by atoms with van der Waals surface area (Å²) in [5.41, 5.74) is 0. The molecule has 0 radical (unpaired) electrons. The summed E-state index contributed by atoms with van der Waals surface area (Å²) in [5.74, 6) is 1.11. The second kappa shape index (κ2) is 9.36. The fourth-order valence-corrected chi connectivity index (χ4v) is 4.00. The third-order valence-corrected chi connectivity index (χ3v) is 5.72. The number of nitrogens with zero attached hydrogens (tertiary/aromatic N) is 2. The predicted octanol–water partition coefficient (Wildman–Crippen LogP) is 3.71. The zero-order valence-electron chi connectivity index (χ0n) is 15.8. The maximum Gasteiger partial charge on any atom is 0.260 e. The second-order valence-corrected chi connectivity index (χ2v) is 7.82. The Hall–Kier alpha value is -1.62. The van der Waals surface area contributed by atoms with Crippen molar-refractivity contribution in [2.45, 2.75) is 51.5 Å². The van der Waals surface area contributed by atoms with Crippen LogP contribution in [0.1, 0.15) is 45.4 Å². The molecule has 2 heterocycles. The summed E-state index contributed by atoms with van der Waals surface area (Å²) in [4.78, 5) is 17.4. The van der Waals surface area contributed by atoms with Gasteiger partial charge in [0.2, 0.25) is 0 Å². The zero-order chi connectivity index (χ0) is 18.4. The van der Waals surface area contributed by atoms with Gasteiger partial charge in [-0.25, -0.2) is 4.39 Å². The fraction of sp³-hybridized carbons (Fsp3) is 0.667. The lowest BCUT2D eigenvalue weighted by molar-refractivity contribution is -0.136. The highest BCUT2D eigenvalue weighted by Crippen LogP contribution is 2.22. The number of halogens is 1. The SMILES string of the molecule is CC1CCN(CC2CCCCCN2C(=O)COc2ccc(F)cc2)CC1. The average molecular weight is 362 g/mol. The van der Waals surface area contributed by atoms with Gasteiger partial charge in [0.1, 0.15) is 11.6 Å². The van der Waals surface area contributed by atoms with E-state index in [4.69, 9.17) is 4.74 Å². The predicted molar refractivity (Wildman–Crippen MR) is 101 cm³/mol. The van der Waals surface area contributed by atoms with Gasteiger partial charge in [0.25, 0.3) is 5.91 Å². The standard InChI is InChI=1S/C21H31FN2O2/c1-17-10-13-23(14-11-17)15-19-5-3-2-4-12-24(19)21(25)16-26-20-8-6-18(22)7-9-20/h6-9,17,19H,2-5,10-16H2,1H3. The van der Waals surface area contributed by atoms with E-state index in [1.165, 1.54) is 37.8 Å². The molecule has 2 aliphatic heterocycles. The maximum atomic E-state index is 13.0. The summed E-state index contributed by atoms with van der Waals surface area (Å²) < 4.78 is 18.6. The zero-order valence-corrected chi connectivity index (χ0v) is 15.8. The van der Waals surface area contributed by atoms with Crippen molar-refractivity contribution in [2.75, 3.05) is 32.8 Å². The van der Waals surface area contributed by atoms with Gasteiger partial charge >= 0.3 is 0 Å². The monoisotopic (exact) mass is 362 g/mol.